The van der Waals surface area contributed by atoms with Crippen LogP contribution in [0.25, 0.3) is 28.0 Å². The predicted molar refractivity (Wildman–Crippen MR) is 194 cm³/mol. The highest BCUT2D eigenvalue weighted by Crippen LogP contribution is 2.39. The van der Waals surface area contributed by atoms with Crippen LogP contribution in [-0.4, -0.2) is 20.3 Å². The molecule has 0 radical (unpaired) electrons. The van der Waals surface area contributed by atoms with Gasteiger partial charge in [-0.15, -0.1) is 0 Å². The Hall–Kier alpha value is -5.45. The Bertz CT molecular complexity index is 1910. The van der Waals surface area contributed by atoms with Crippen molar-refractivity contribution in [2.45, 2.75) is 12.6 Å². The molecule has 0 aliphatic heterocycles. The second kappa shape index (κ2) is 14.3. The Kier molecular flexibility index (Phi) is 9.44. The third-order valence-corrected chi connectivity index (χ3v) is 7.98. The van der Waals surface area contributed by atoms with Crippen molar-refractivity contribution >= 4 is 40.6 Å². The van der Waals surface area contributed by atoms with E-state index in [1.807, 2.05) is 25.2 Å². The fourth-order valence-corrected chi connectivity index (χ4v) is 5.76. The van der Waals surface area contributed by atoms with E-state index in [-0.39, 0.29) is 6.04 Å². The first-order chi connectivity index (χ1) is 22.2. The molecule has 0 bridgehead atoms. The predicted octanol–water partition coefficient (Wildman–Crippen LogP) is 9.89. The van der Waals surface area contributed by atoms with Gasteiger partial charge in [0, 0.05) is 29.7 Å². The average Bonchev–Trinajstić information content (AvgIpc) is 3.09. The van der Waals surface area contributed by atoms with Crippen molar-refractivity contribution in [3.8, 4) is 11.1 Å². The molecular formula is C41H38N4. The number of nitrogens with zero attached hydrogens (tertiary/aromatic N) is 1. The number of likely N-dealkylation sites (N-methyl/N-ethyl adjacent to an activating group) is 1. The molecule has 0 aliphatic carbocycles. The van der Waals surface area contributed by atoms with E-state index in [0.29, 0.717) is 0 Å². The number of anilines is 3. The molecule has 0 fully saturated rings. The summed E-state index contributed by atoms with van der Waals surface area (Å²) in [5.74, 6) is 0. The second-order valence-electron chi connectivity index (χ2n) is 11.1. The smallest absolute Gasteiger partial charge is 0.0992 e. The summed E-state index contributed by atoms with van der Waals surface area (Å²) in [5.41, 5.74) is 10.00. The molecule has 0 spiro atoms. The van der Waals surface area contributed by atoms with Gasteiger partial charge in [-0.25, -0.2) is 0 Å². The van der Waals surface area contributed by atoms with Gasteiger partial charge in [-0.2, -0.15) is 0 Å². The van der Waals surface area contributed by atoms with Crippen molar-refractivity contribution in [3.63, 3.8) is 0 Å². The lowest BCUT2D eigenvalue weighted by Gasteiger charge is -2.20. The van der Waals surface area contributed by atoms with Crippen molar-refractivity contribution in [1.82, 2.24) is 5.32 Å². The SMILES string of the molecule is C=NC(c1ccccc1)c1cccc(-c2cccc(Nc3c(/C=C\CNC)cc4ccccc4c3NCc3ccccc3)c2)c1. The van der Waals surface area contributed by atoms with Crippen LogP contribution in [0.4, 0.5) is 17.1 Å². The molecule has 6 rings (SSSR count). The zero-order valence-electron chi connectivity index (χ0n) is 25.6. The zero-order valence-corrected chi connectivity index (χ0v) is 25.6. The fourth-order valence-electron chi connectivity index (χ4n) is 5.76. The Morgan fingerprint density at radius 2 is 1.38 bits per heavy atom. The maximum absolute atomic E-state index is 4.47. The van der Waals surface area contributed by atoms with Gasteiger partial charge < -0.3 is 16.0 Å². The van der Waals surface area contributed by atoms with Gasteiger partial charge in [0.15, 0.2) is 0 Å². The van der Waals surface area contributed by atoms with Crippen molar-refractivity contribution in [2.75, 3.05) is 24.2 Å². The van der Waals surface area contributed by atoms with E-state index in [2.05, 4.69) is 161 Å². The topological polar surface area (TPSA) is 48.5 Å². The first kappa shape index (κ1) is 29.6. The van der Waals surface area contributed by atoms with Crippen LogP contribution in [0.1, 0.15) is 28.3 Å². The van der Waals surface area contributed by atoms with Crippen LogP contribution >= 0.6 is 0 Å². The summed E-state index contributed by atoms with van der Waals surface area (Å²) in [5, 5.41) is 13.2. The number of fused-ring (bicyclic) bond motifs is 1. The molecule has 0 saturated carbocycles. The molecule has 4 heteroatoms. The highest BCUT2D eigenvalue weighted by atomic mass is 15.0. The number of hydrogen-bond acceptors (Lipinski definition) is 4. The van der Waals surface area contributed by atoms with Crippen LogP contribution in [0.15, 0.2) is 151 Å². The van der Waals surface area contributed by atoms with Crippen LogP contribution in [0.3, 0.4) is 0 Å². The van der Waals surface area contributed by atoms with Crippen molar-refractivity contribution in [1.29, 1.82) is 0 Å². The maximum Gasteiger partial charge on any atom is 0.0992 e. The summed E-state index contributed by atoms with van der Waals surface area (Å²) < 4.78 is 0. The highest BCUT2D eigenvalue weighted by molar-refractivity contribution is 6.04. The Labute approximate surface area is 266 Å². The first-order valence-corrected chi connectivity index (χ1v) is 15.4. The van der Waals surface area contributed by atoms with E-state index in [0.717, 1.165) is 58.0 Å². The first-order valence-electron chi connectivity index (χ1n) is 15.4. The largest absolute Gasteiger partial charge is 0.379 e. The molecule has 1 atom stereocenters. The van der Waals surface area contributed by atoms with Crippen LogP contribution < -0.4 is 16.0 Å². The minimum Gasteiger partial charge on any atom is -0.379 e. The van der Waals surface area contributed by atoms with Crippen LogP contribution in [0.2, 0.25) is 0 Å². The summed E-state index contributed by atoms with van der Waals surface area (Å²) in [6.07, 6.45) is 4.35. The van der Waals surface area contributed by atoms with Crippen molar-refractivity contribution in [2.24, 2.45) is 4.99 Å². The number of benzene rings is 6. The lowest BCUT2D eigenvalue weighted by atomic mass is 9.95. The molecule has 45 heavy (non-hydrogen) atoms. The Morgan fingerprint density at radius 3 is 2.16 bits per heavy atom. The Balaban J connectivity index is 1.39. The molecule has 6 aromatic carbocycles. The molecule has 222 valence electrons. The van der Waals surface area contributed by atoms with Crippen LogP contribution in [-0.2, 0) is 6.54 Å². The van der Waals surface area contributed by atoms with Crippen LogP contribution in [0.5, 0.6) is 0 Å². The van der Waals surface area contributed by atoms with E-state index >= 15 is 0 Å². The van der Waals surface area contributed by atoms with E-state index in [1.54, 1.807) is 0 Å². The summed E-state index contributed by atoms with van der Waals surface area (Å²) in [6, 6.07) is 48.8. The highest BCUT2D eigenvalue weighted by Gasteiger charge is 2.15. The minimum atomic E-state index is -0.115. The van der Waals surface area contributed by atoms with E-state index in [4.69, 9.17) is 0 Å². The van der Waals surface area contributed by atoms with Crippen molar-refractivity contribution < 1.29 is 0 Å². The third-order valence-electron chi connectivity index (χ3n) is 7.98. The average molecular weight is 587 g/mol. The Morgan fingerprint density at radius 1 is 0.689 bits per heavy atom. The molecule has 4 nitrogen and oxygen atoms in total. The van der Waals surface area contributed by atoms with Gasteiger partial charge in [0.25, 0.3) is 0 Å². The molecule has 0 amide bonds. The molecule has 1 unspecified atom stereocenters. The van der Waals surface area contributed by atoms with E-state index in [1.165, 1.54) is 16.3 Å². The van der Waals surface area contributed by atoms with Crippen LogP contribution in [0, 0.1) is 0 Å². The van der Waals surface area contributed by atoms with Gasteiger partial charge in [0.1, 0.15) is 0 Å². The minimum absolute atomic E-state index is 0.115. The molecule has 0 heterocycles. The maximum atomic E-state index is 4.47. The molecule has 0 aliphatic rings. The lowest BCUT2D eigenvalue weighted by Crippen LogP contribution is -2.06. The van der Waals surface area contributed by atoms with Gasteiger partial charge >= 0.3 is 0 Å². The molecular weight excluding hydrogens is 548 g/mol. The standard InChI is InChI=1S/C41H38N4/c1-42-25-13-22-36-27-34-18-9-10-24-38(34)41(44-29-30-14-5-3-6-15-30)40(36)45-37-23-12-20-33(28-37)32-19-11-21-35(26-32)39(43-2)31-16-7-4-8-17-31/h3-24,26-28,39,42,44-45H,2,25,29H2,1H3/b22-13-. The lowest BCUT2D eigenvalue weighted by molar-refractivity contribution is 0.882. The summed E-state index contributed by atoms with van der Waals surface area (Å²) in [6.45, 7) is 5.41. The van der Waals surface area contributed by atoms with E-state index < -0.39 is 0 Å². The monoisotopic (exact) mass is 586 g/mol. The number of hydrogen-bond donors (Lipinski definition) is 3. The van der Waals surface area contributed by atoms with Gasteiger partial charge in [-0.1, -0.05) is 127 Å². The third kappa shape index (κ3) is 7.04. The molecule has 6 aromatic rings. The van der Waals surface area contributed by atoms with Gasteiger partial charge in [-0.3, -0.25) is 4.99 Å². The van der Waals surface area contributed by atoms with E-state index in [9.17, 15) is 0 Å². The molecule has 0 aromatic heterocycles. The summed E-state index contributed by atoms with van der Waals surface area (Å²) >= 11 is 0. The van der Waals surface area contributed by atoms with Crippen molar-refractivity contribution in [3.05, 3.63) is 168 Å². The number of rotatable bonds is 12. The zero-order chi connectivity index (χ0) is 30.8. The fraction of sp³-hybridized carbons (Fsp3) is 0.0976. The summed E-state index contributed by atoms with van der Waals surface area (Å²) in [7, 11) is 1.96. The molecule has 0 saturated heterocycles. The number of nitrogens with one attached hydrogen (secondary N) is 3. The normalized spacial score (nSPS) is 11.8. The molecule has 3 N–H and O–H groups in total. The van der Waals surface area contributed by atoms with Gasteiger partial charge in [0.2, 0.25) is 0 Å². The second-order valence-corrected chi connectivity index (χ2v) is 11.1. The number of aliphatic imine (C=N–C) groups is 1. The van der Waals surface area contributed by atoms with Gasteiger partial charge in [-0.05, 0) is 71.2 Å². The van der Waals surface area contributed by atoms with Gasteiger partial charge in [0.05, 0.1) is 17.4 Å². The summed E-state index contributed by atoms with van der Waals surface area (Å²) in [4.78, 5) is 4.47. The quantitative estimate of drug-likeness (QED) is 0.125.